The fourth-order valence-electron chi connectivity index (χ4n) is 3.17. The standard InChI is InChI=1S/C25H25NO4S.C2H6/c1-20-12-14-25(15-13-20)31(27,28)30-24(19-29-18-21-8-4-2-5-9-21)16-23(17-26)22-10-6-3-7-11-22;1-2/h2-15,23-24H,16,18-19H2,1H3;1-2H3. The van der Waals surface area contributed by atoms with Crippen LogP contribution in [0.4, 0.5) is 0 Å². The Balaban J connectivity index is 0.00000187. The van der Waals surface area contributed by atoms with Gasteiger partial charge in [-0.15, -0.1) is 0 Å². The van der Waals surface area contributed by atoms with Crippen LogP contribution in [0.3, 0.4) is 0 Å². The van der Waals surface area contributed by atoms with Gasteiger partial charge in [0.25, 0.3) is 10.1 Å². The summed E-state index contributed by atoms with van der Waals surface area (Å²) in [5.41, 5.74) is 2.74. The molecule has 0 fully saturated rings. The van der Waals surface area contributed by atoms with E-state index in [-0.39, 0.29) is 17.9 Å². The average Bonchev–Trinajstić information content (AvgIpc) is 2.85. The summed E-state index contributed by atoms with van der Waals surface area (Å²) in [6, 6.07) is 27.6. The van der Waals surface area contributed by atoms with E-state index in [1.165, 1.54) is 12.1 Å². The topological polar surface area (TPSA) is 76.4 Å². The van der Waals surface area contributed by atoms with Crippen molar-refractivity contribution >= 4 is 10.1 Å². The molecule has 0 aliphatic heterocycles. The van der Waals surface area contributed by atoms with E-state index in [9.17, 15) is 13.7 Å². The molecule has 0 spiro atoms. The zero-order chi connectivity index (χ0) is 24.1. The van der Waals surface area contributed by atoms with E-state index in [0.29, 0.717) is 6.61 Å². The van der Waals surface area contributed by atoms with Crippen LogP contribution in [0.25, 0.3) is 0 Å². The summed E-state index contributed by atoms with van der Waals surface area (Å²) in [5, 5.41) is 9.68. The maximum absolute atomic E-state index is 12.8. The van der Waals surface area contributed by atoms with Gasteiger partial charge in [0.2, 0.25) is 0 Å². The first-order chi connectivity index (χ1) is 16.0. The molecule has 0 saturated heterocycles. The van der Waals surface area contributed by atoms with Crippen LogP contribution in [0.2, 0.25) is 0 Å². The minimum absolute atomic E-state index is 0.0466. The second kappa shape index (κ2) is 13.5. The molecule has 3 aromatic rings. The van der Waals surface area contributed by atoms with Crippen LogP contribution in [-0.2, 0) is 25.6 Å². The Kier molecular flexibility index (Phi) is 10.8. The second-order valence-corrected chi connectivity index (χ2v) is 8.89. The third-order valence-electron chi connectivity index (χ3n) is 4.84. The zero-order valence-corrected chi connectivity index (χ0v) is 20.2. The Morgan fingerprint density at radius 2 is 1.45 bits per heavy atom. The number of ether oxygens (including phenoxy) is 1. The number of nitriles is 1. The molecule has 0 bridgehead atoms. The molecule has 0 aliphatic rings. The Hall–Kier alpha value is -2.98. The van der Waals surface area contributed by atoms with Gasteiger partial charge in [-0.1, -0.05) is 92.2 Å². The molecule has 6 heteroatoms. The van der Waals surface area contributed by atoms with Gasteiger partial charge in [-0.2, -0.15) is 13.7 Å². The van der Waals surface area contributed by atoms with Crippen LogP contribution in [-0.4, -0.2) is 21.1 Å². The van der Waals surface area contributed by atoms with E-state index in [1.54, 1.807) is 12.1 Å². The molecule has 0 aliphatic carbocycles. The van der Waals surface area contributed by atoms with Crippen molar-refractivity contribution < 1.29 is 17.3 Å². The van der Waals surface area contributed by atoms with Gasteiger partial charge in [0.05, 0.1) is 30.1 Å². The van der Waals surface area contributed by atoms with Crippen molar-refractivity contribution in [1.29, 1.82) is 5.26 Å². The van der Waals surface area contributed by atoms with Crippen molar-refractivity contribution in [3.05, 3.63) is 102 Å². The van der Waals surface area contributed by atoms with Gasteiger partial charge in [-0.3, -0.25) is 4.18 Å². The quantitative estimate of drug-likeness (QED) is 0.343. The monoisotopic (exact) mass is 465 g/mol. The molecule has 0 heterocycles. The van der Waals surface area contributed by atoms with E-state index in [2.05, 4.69) is 6.07 Å². The molecule has 3 aromatic carbocycles. The summed E-state index contributed by atoms with van der Waals surface area (Å²) in [6.07, 6.45) is -0.611. The van der Waals surface area contributed by atoms with Gasteiger partial charge in [-0.25, -0.2) is 0 Å². The summed E-state index contributed by atoms with van der Waals surface area (Å²) < 4.78 is 37.0. The molecule has 0 N–H and O–H groups in total. The van der Waals surface area contributed by atoms with Crippen LogP contribution < -0.4 is 0 Å². The number of aryl methyl sites for hydroxylation is 1. The Morgan fingerprint density at radius 3 is 2.03 bits per heavy atom. The summed E-state index contributed by atoms with van der Waals surface area (Å²) in [6.45, 7) is 6.26. The predicted octanol–water partition coefficient (Wildman–Crippen LogP) is 6.01. The van der Waals surface area contributed by atoms with Crippen LogP contribution >= 0.6 is 0 Å². The molecule has 0 amide bonds. The largest absolute Gasteiger partial charge is 0.374 e. The number of nitrogens with zero attached hydrogens (tertiary/aromatic N) is 1. The minimum atomic E-state index is -4.00. The molecule has 0 aromatic heterocycles. The van der Waals surface area contributed by atoms with Gasteiger partial charge in [0.15, 0.2) is 0 Å². The highest BCUT2D eigenvalue weighted by atomic mass is 32.2. The summed E-state index contributed by atoms with van der Waals surface area (Å²) in [5.74, 6) is -0.514. The molecular weight excluding hydrogens is 434 g/mol. The van der Waals surface area contributed by atoms with Crippen LogP contribution in [0.5, 0.6) is 0 Å². The Labute approximate surface area is 197 Å². The smallest absolute Gasteiger partial charge is 0.297 e. The summed E-state index contributed by atoms with van der Waals surface area (Å²) in [4.78, 5) is 0.0828. The second-order valence-electron chi connectivity index (χ2n) is 7.31. The number of hydrogen-bond donors (Lipinski definition) is 0. The first kappa shape index (κ1) is 26.3. The third-order valence-corrected chi connectivity index (χ3v) is 6.22. The van der Waals surface area contributed by atoms with Gasteiger partial charge in [0.1, 0.15) is 6.10 Å². The fourth-order valence-corrected chi connectivity index (χ4v) is 4.24. The van der Waals surface area contributed by atoms with E-state index in [4.69, 9.17) is 8.92 Å². The van der Waals surface area contributed by atoms with Gasteiger partial charge in [-0.05, 0) is 36.6 Å². The Morgan fingerprint density at radius 1 is 0.879 bits per heavy atom. The van der Waals surface area contributed by atoms with Gasteiger partial charge >= 0.3 is 0 Å². The van der Waals surface area contributed by atoms with Crippen LogP contribution in [0.1, 0.15) is 42.9 Å². The molecule has 2 atom stereocenters. The summed E-state index contributed by atoms with van der Waals surface area (Å²) in [7, 11) is -4.00. The molecule has 5 nitrogen and oxygen atoms in total. The Bertz CT molecular complexity index is 1090. The SMILES string of the molecule is CC.Cc1ccc(S(=O)(=O)OC(COCc2ccccc2)CC(C#N)c2ccccc2)cc1. The van der Waals surface area contributed by atoms with Crippen molar-refractivity contribution in [2.45, 2.75) is 50.7 Å². The third kappa shape index (κ3) is 8.47. The van der Waals surface area contributed by atoms with Crippen molar-refractivity contribution in [3.8, 4) is 6.07 Å². The normalized spacial score (nSPS) is 12.7. The van der Waals surface area contributed by atoms with Gasteiger partial charge in [0, 0.05) is 0 Å². The highest BCUT2D eigenvalue weighted by Crippen LogP contribution is 2.25. The molecule has 2 unspecified atom stereocenters. The lowest BCUT2D eigenvalue weighted by Crippen LogP contribution is -2.26. The van der Waals surface area contributed by atoms with Crippen molar-refractivity contribution in [3.63, 3.8) is 0 Å². The minimum Gasteiger partial charge on any atom is -0.374 e. The molecule has 174 valence electrons. The molecule has 3 rings (SSSR count). The molecular formula is C27H31NO4S. The number of rotatable bonds is 10. The van der Waals surface area contributed by atoms with Gasteiger partial charge < -0.3 is 4.74 Å². The van der Waals surface area contributed by atoms with Crippen LogP contribution in [0.15, 0.2) is 89.8 Å². The summed E-state index contributed by atoms with van der Waals surface area (Å²) >= 11 is 0. The zero-order valence-electron chi connectivity index (χ0n) is 19.3. The van der Waals surface area contributed by atoms with E-state index < -0.39 is 22.1 Å². The number of hydrogen-bond acceptors (Lipinski definition) is 5. The first-order valence-electron chi connectivity index (χ1n) is 11.0. The molecule has 0 saturated carbocycles. The predicted molar refractivity (Wildman–Crippen MR) is 130 cm³/mol. The van der Waals surface area contributed by atoms with E-state index >= 15 is 0 Å². The van der Waals surface area contributed by atoms with E-state index in [1.807, 2.05) is 81.4 Å². The fraction of sp³-hybridized carbons (Fsp3) is 0.296. The van der Waals surface area contributed by atoms with Crippen LogP contribution in [0, 0.1) is 18.3 Å². The van der Waals surface area contributed by atoms with Crippen molar-refractivity contribution in [1.82, 2.24) is 0 Å². The van der Waals surface area contributed by atoms with Crippen molar-refractivity contribution in [2.24, 2.45) is 0 Å². The number of benzene rings is 3. The first-order valence-corrected chi connectivity index (χ1v) is 12.4. The average molecular weight is 466 g/mol. The lowest BCUT2D eigenvalue weighted by molar-refractivity contribution is 0.0391. The maximum atomic E-state index is 12.8. The maximum Gasteiger partial charge on any atom is 0.297 e. The molecule has 0 radical (unpaired) electrons. The lowest BCUT2D eigenvalue weighted by Gasteiger charge is -2.20. The molecule has 33 heavy (non-hydrogen) atoms. The highest BCUT2D eigenvalue weighted by molar-refractivity contribution is 7.86. The lowest BCUT2D eigenvalue weighted by atomic mass is 9.95. The van der Waals surface area contributed by atoms with Crippen molar-refractivity contribution in [2.75, 3.05) is 6.61 Å². The van der Waals surface area contributed by atoms with E-state index in [0.717, 1.165) is 16.7 Å². The highest BCUT2D eigenvalue weighted by Gasteiger charge is 2.26.